The quantitative estimate of drug-likeness (QED) is 0.136. The molecule has 1 heterocycles. The molecule has 2 rings (SSSR count). The zero-order chi connectivity index (χ0) is 29.3. The van der Waals surface area contributed by atoms with Crippen LogP contribution in [-0.4, -0.2) is 74.9 Å². The minimum absolute atomic E-state index is 0.0406. The summed E-state index contributed by atoms with van der Waals surface area (Å²) in [4.78, 5) is 75.7. The van der Waals surface area contributed by atoms with Gasteiger partial charge in [-0.2, -0.15) is 0 Å². The van der Waals surface area contributed by atoms with Crippen molar-refractivity contribution in [2.24, 2.45) is 17.4 Å². The summed E-state index contributed by atoms with van der Waals surface area (Å²) in [6.45, 7) is 3.26. The lowest BCUT2D eigenvalue weighted by Gasteiger charge is -2.27. The van der Waals surface area contributed by atoms with Gasteiger partial charge in [-0.1, -0.05) is 32.0 Å². The lowest BCUT2D eigenvalue weighted by molar-refractivity contribution is -0.142. The number of aromatic amines is 1. The minimum atomic E-state index is -1.44. The molecule has 0 fully saturated rings. The number of rotatable bonds is 15. The van der Waals surface area contributed by atoms with Gasteiger partial charge in [0.15, 0.2) is 0 Å². The van der Waals surface area contributed by atoms with Gasteiger partial charge in [-0.25, -0.2) is 4.79 Å². The minimum Gasteiger partial charge on any atom is -0.481 e. The number of hydrogen-bond acceptors (Lipinski definition) is 7. The molecule has 14 nitrogen and oxygen atoms in total. The van der Waals surface area contributed by atoms with E-state index in [-0.39, 0.29) is 19.3 Å². The molecule has 0 aliphatic carbocycles. The van der Waals surface area contributed by atoms with E-state index in [0.717, 1.165) is 10.9 Å². The second kappa shape index (κ2) is 13.9. The first-order chi connectivity index (χ1) is 18.3. The number of primary amides is 1. The number of carboxylic acid groups (broad SMARTS) is 2. The fraction of sp³-hybridized carbons (Fsp3) is 0.440. The molecule has 14 heteroatoms. The van der Waals surface area contributed by atoms with Crippen molar-refractivity contribution in [3.8, 4) is 0 Å². The molecule has 39 heavy (non-hydrogen) atoms. The maximum Gasteiger partial charge on any atom is 0.326 e. The highest BCUT2D eigenvalue weighted by Crippen LogP contribution is 2.19. The lowest BCUT2D eigenvalue weighted by Crippen LogP contribution is -2.59. The number of nitrogens with two attached hydrogens (primary N) is 2. The SMILES string of the molecule is CC(C)C(NC(=O)C(N)CC(=O)O)C(=O)NC(Cc1c[nH]c2ccccc12)C(=O)NC(CCC(N)=O)C(=O)O. The van der Waals surface area contributed by atoms with E-state index >= 15 is 0 Å². The smallest absolute Gasteiger partial charge is 0.326 e. The molecule has 1 aromatic heterocycles. The summed E-state index contributed by atoms with van der Waals surface area (Å²) in [5, 5.41) is 26.5. The largest absolute Gasteiger partial charge is 0.481 e. The normalized spacial score (nSPS) is 14.2. The van der Waals surface area contributed by atoms with Gasteiger partial charge in [0.05, 0.1) is 12.5 Å². The van der Waals surface area contributed by atoms with Crippen molar-refractivity contribution in [2.45, 2.75) is 63.7 Å². The number of carbonyl (C=O) groups is 6. The summed E-state index contributed by atoms with van der Waals surface area (Å²) in [6.07, 6.45) is 0.434. The number of aliphatic carboxylic acids is 2. The summed E-state index contributed by atoms with van der Waals surface area (Å²) in [7, 11) is 0. The zero-order valence-corrected chi connectivity index (χ0v) is 21.6. The van der Waals surface area contributed by atoms with Gasteiger partial charge in [0, 0.05) is 29.9 Å². The number of H-pyrrole nitrogens is 1. The van der Waals surface area contributed by atoms with Crippen molar-refractivity contribution in [1.29, 1.82) is 0 Å². The molecule has 0 aliphatic rings. The predicted molar refractivity (Wildman–Crippen MR) is 139 cm³/mol. The Balaban J connectivity index is 2.31. The molecule has 4 amide bonds. The Morgan fingerprint density at radius 2 is 1.56 bits per heavy atom. The van der Waals surface area contributed by atoms with Gasteiger partial charge in [0.1, 0.15) is 18.1 Å². The Morgan fingerprint density at radius 3 is 2.15 bits per heavy atom. The van der Waals surface area contributed by atoms with Crippen LogP contribution in [0.15, 0.2) is 30.5 Å². The van der Waals surface area contributed by atoms with E-state index in [1.54, 1.807) is 26.1 Å². The van der Waals surface area contributed by atoms with E-state index in [4.69, 9.17) is 16.6 Å². The lowest BCUT2D eigenvalue weighted by atomic mass is 9.99. The highest BCUT2D eigenvalue weighted by atomic mass is 16.4. The Kier molecular flexibility index (Phi) is 11.0. The van der Waals surface area contributed by atoms with Gasteiger partial charge in [0.2, 0.25) is 23.6 Å². The highest BCUT2D eigenvalue weighted by molar-refractivity contribution is 5.95. The van der Waals surface area contributed by atoms with Crippen LogP contribution >= 0.6 is 0 Å². The first kappa shape index (κ1) is 30.8. The van der Waals surface area contributed by atoms with E-state index in [0.29, 0.717) is 5.56 Å². The molecule has 2 aromatic rings. The molecule has 10 N–H and O–H groups in total. The van der Waals surface area contributed by atoms with Crippen molar-refractivity contribution in [3.05, 3.63) is 36.0 Å². The molecule has 4 atom stereocenters. The van der Waals surface area contributed by atoms with Gasteiger partial charge in [0.25, 0.3) is 0 Å². The summed E-state index contributed by atoms with van der Waals surface area (Å²) in [5.74, 6) is -6.35. The number of benzene rings is 1. The number of carbonyl (C=O) groups excluding carboxylic acids is 4. The third-order valence-corrected chi connectivity index (χ3v) is 6.00. The van der Waals surface area contributed by atoms with Crippen LogP contribution in [0.5, 0.6) is 0 Å². The van der Waals surface area contributed by atoms with Crippen molar-refractivity contribution in [2.75, 3.05) is 0 Å². The number of nitrogens with one attached hydrogen (secondary N) is 4. The predicted octanol–water partition coefficient (Wildman–Crippen LogP) is -1.03. The van der Waals surface area contributed by atoms with Crippen molar-refractivity contribution in [3.63, 3.8) is 0 Å². The monoisotopic (exact) mass is 546 g/mol. The maximum absolute atomic E-state index is 13.3. The third-order valence-electron chi connectivity index (χ3n) is 6.00. The van der Waals surface area contributed by atoms with Crippen molar-refractivity contribution < 1.29 is 39.0 Å². The van der Waals surface area contributed by atoms with E-state index in [2.05, 4.69) is 20.9 Å². The molecular weight excluding hydrogens is 512 g/mol. The topological polar surface area (TPSA) is 247 Å². The Morgan fingerprint density at radius 1 is 0.923 bits per heavy atom. The molecule has 0 aliphatic heterocycles. The molecule has 4 unspecified atom stereocenters. The molecule has 0 saturated heterocycles. The summed E-state index contributed by atoms with van der Waals surface area (Å²) < 4.78 is 0. The van der Waals surface area contributed by atoms with Crippen LogP contribution in [0.4, 0.5) is 0 Å². The zero-order valence-electron chi connectivity index (χ0n) is 21.6. The standard InChI is InChI=1S/C25H34N6O8/c1-12(2)21(31-22(35)15(26)10-20(33)34)24(37)30-18(9-13-11-28-16-6-4-3-5-14(13)16)23(36)29-17(25(38)39)7-8-19(27)32/h3-6,11-12,15,17-18,21,28H,7-10,26H2,1-2H3,(H2,27,32)(H,29,36)(H,30,37)(H,31,35)(H,33,34)(H,38,39). The average Bonchev–Trinajstić information content (AvgIpc) is 3.26. The van der Waals surface area contributed by atoms with E-state index in [9.17, 15) is 33.9 Å². The third kappa shape index (κ3) is 9.10. The van der Waals surface area contributed by atoms with Crippen LogP contribution in [0.1, 0.15) is 38.7 Å². The summed E-state index contributed by atoms with van der Waals surface area (Å²) in [6, 6.07) is 1.94. The number of fused-ring (bicyclic) bond motifs is 1. The van der Waals surface area contributed by atoms with Gasteiger partial charge >= 0.3 is 11.9 Å². The van der Waals surface area contributed by atoms with E-state index in [1.807, 2.05) is 18.2 Å². The number of hydrogen-bond donors (Lipinski definition) is 8. The van der Waals surface area contributed by atoms with Crippen LogP contribution in [0.25, 0.3) is 10.9 Å². The van der Waals surface area contributed by atoms with Gasteiger partial charge in [-0.05, 0) is 24.0 Å². The number of amides is 4. The first-order valence-electron chi connectivity index (χ1n) is 12.2. The van der Waals surface area contributed by atoms with Gasteiger partial charge in [-0.15, -0.1) is 0 Å². The molecule has 0 bridgehead atoms. The van der Waals surface area contributed by atoms with Crippen molar-refractivity contribution in [1.82, 2.24) is 20.9 Å². The van der Waals surface area contributed by atoms with Crippen LogP contribution in [0, 0.1) is 5.92 Å². The molecule has 0 radical (unpaired) electrons. The summed E-state index contributed by atoms with van der Waals surface area (Å²) in [5.41, 5.74) is 12.2. The fourth-order valence-corrected chi connectivity index (χ4v) is 3.88. The van der Waals surface area contributed by atoms with Crippen LogP contribution in [0.3, 0.4) is 0 Å². The molecule has 0 saturated carbocycles. The molecule has 212 valence electrons. The average molecular weight is 547 g/mol. The van der Waals surface area contributed by atoms with E-state index < -0.39 is 72.1 Å². The van der Waals surface area contributed by atoms with Crippen molar-refractivity contribution >= 4 is 46.5 Å². The first-order valence-corrected chi connectivity index (χ1v) is 12.2. The molecule has 0 spiro atoms. The van der Waals surface area contributed by atoms with Crippen LogP contribution in [-0.2, 0) is 35.2 Å². The maximum atomic E-state index is 13.3. The Bertz CT molecular complexity index is 1230. The Hall–Kier alpha value is -4.46. The van der Waals surface area contributed by atoms with Gasteiger partial charge in [-0.3, -0.25) is 24.0 Å². The number of aromatic nitrogens is 1. The Labute approximate surface area is 223 Å². The second-order valence-corrected chi connectivity index (χ2v) is 9.46. The van der Waals surface area contributed by atoms with Crippen LogP contribution in [0.2, 0.25) is 0 Å². The summed E-state index contributed by atoms with van der Waals surface area (Å²) >= 11 is 0. The second-order valence-electron chi connectivity index (χ2n) is 9.46. The number of para-hydroxylation sites is 1. The highest BCUT2D eigenvalue weighted by Gasteiger charge is 2.32. The molecular formula is C25H34N6O8. The van der Waals surface area contributed by atoms with Crippen LogP contribution < -0.4 is 27.4 Å². The van der Waals surface area contributed by atoms with E-state index in [1.165, 1.54) is 0 Å². The molecule has 1 aromatic carbocycles. The number of carboxylic acids is 2. The van der Waals surface area contributed by atoms with Gasteiger partial charge < -0.3 is 42.6 Å². The fourth-order valence-electron chi connectivity index (χ4n) is 3.88.